The van der Waals surface area contributed by atoms with E-state index in [1.807, 2.05) is 0 Å². The van der Waals surface area contributed by atoms with E-state index in [0.29, 0.717) is 0 Å². The van der Waals surface area contributed by atoms with Crippen LogP contribution in [-0.2, 0) is 14.3 Å². The Hall–Kier alpha value is -2.22. The average molecular weight is 319 g/mol. The molecule has 0 aliphatic heterocycles. The molecular weight excluding hydrogens is 307 g/mol. The Morgan fingerprint density at radius 2 is 2.19 bits per heavy atom. The number of carbonyl (C=O) groups is 3. The first-order valence-electron chi connectivity index (χ1n) is 5.76. The summed E-state index contributed by atoms with van der Waals surface area (Å²) in [4.78, 5) is 37.3. The van der Waals surface area contributed by atoms with Crippen LogP contribution >= 0.6 is 11.6 Å². The van der Waals surface area contributed by atoms with E-state index in [1.165, 1.54) is 0 Å². The molecule has 0 unspecified atom stereocenters. The van der Waals surface area contributed by atoms with Crippen molar-refractivity contribution in [2.75, 3.05) is 7.11 Å². The zero-order valence-corrected chi connectivity index (χ0v) is 11.7. The number of nitrogens with one attached hydrogen (secondary N) is 1. The number of rotatable bonds is 6. The predicted molar refractivity (Wildman–Crippen MR) is 69.3 cm³/mol. The van der Waals surface area contributed by atoms with Gasteiger partial charge >= 0.3 is 11.9 Å². The van der Waals surface area contributed by atoms with Gasteiger partial charge in [-0.3, -0.25) is 9.59 Å². The van der Waals surface area contributed by atoms with E-state index in [9.17, 15) is 18.8 Å². The number of aliphatic carboxylic acids is 1. The third-order valence-electron chi connectivity index (χ3n) is 2.52. The number of hydrogen-bond acceptors (Lipinski definition) is 5. The van der Waals surface area contributed by atoms with Gasteiger partial charge in [-0.15, -0.1) is 0 Å². The highest BCUT2D eigenvalue weighted by atomic mass is 35.5. The van der Waals surface area contributed by atoms with Crippen molar-refractivity contribution in [3.05, 3.63) is 28.8 Å². The molecule has 0 spiro atoms. The molecule has 1 heterocycles. The smallest absolute Gasteiger partial charge is 0.326 e. The summed E-state index contributed by atoms with van der Waals surface area (Å²) >= 11 is 5.64. The van der Waals surface area contributed by atoms with E-state index in [2.05, 4.69) is 15.0 Å². The van der Waals surface area contributed by atoms with Crippen molar-refractivity contribution >= 4 is 29.4 Å². The van der Waals surface area contributed by atoms with Gasteiger partial charge in [-0.1, -0.05) is 11.6 Å². The largest absolute Gasteiger partial charge is 0.480 e. The minimum absolute atomic E-state index is 0.173. The van der Waals surface area contributed by atoms with Crippen molar-refractivity contribution in [2.45, 2.75) is 18.9 Å². The molecule has 0 saturated carbocycles. The summed E-state index contributed by atoms with van der Waals surface area (Å²) in [6.45, 7) is 0. The third kappa shape index (κ3) is 4.99. The van der Waals surface area contributed by atoms with Crippen molar-refractivity contribution in [1.82, 2.24) is 10.3 Å². The molecule has 0 fully saturated rings. The van der Waals surface area contributed by atoms with Crippen LogP contribution in [0.2, 0.25) is 5.15 Å². The number of ether oxygens (including phenoxy) is 1. The number of amides is 1. The summed E-state index contributed by atoms with van der Waals surface area (Å²) < 4.78 is 17.4. The van der Waals surface area contributed by atoms with Crippen LogP contribution in [0, 0.1) is 5.82 Å². The number of methoxy groups -OCH3 is 1. The molecule has 0 bridgehead atoms. The summed E-state index contributed by atoms with van der Waals surface area (Å²) in [7, 11) is 1.16. The maximum Gasteiger partial charge on any atom is 0.326 e. The van der Waals surface area contributed by atoms with Crippen molar-refractivity contribution < 1.29 is 28.6 Å². The second-order valence-electron chi connectivity index (χ2n) is 3.97. The van der Waals surface area contributed by atoms with Gasteiger partial charge in [-0.2, -0.15) is 0 Å². The highest BCUT2D eigenvalue weighted by Gasteiger charge is 2.23. The fourth-order valence-electron chi connectivity index (χ4n) is 1.44. The maximum absolute atomic E-state index is 13.0. The summed E-state index contributed by atoms with van der Waals surface area (Å²) in [5.41, 5.74) is -0.291. The zero-order valence-electron chi connectivity index (χ0n) is 10.9. The highest BCUT2D eigenvalue weighted by Crippen LogP contribution is 2.14. The lowest BCUT2D eigenvalue weighted by Crippen LogP contribution is -2.41. The molecular formula is C12H12ClFN2O5. The fourth-order valence-corrected chi connectivity index (χ4v) is 1.63. The molecule has 0 aromatic carbocycles. The SMILES string of the molecule is COC(=O)CC[C@@H](NC(=O)c1cc(F)cnc1Cl)C(=O)O. The Balaban J connectivity index is 2.79. The van der Waals surface area contributed by atoms with E-state index in [-0.39, 0.29) is 23.6 Å². The molecule has 1 aromatic heterocycles. The van der Waals surface area contributed by atoms with Crippen molar-refractivity contribution in [1.29, 1.82) is 0 Å². The number of halogens is 2. The molecule has 2 N–H and O–H groups in total. The number of hydrogen-bond donors (Lipinski definition) is 2. The molecule has 21 heavy (non-hydrogen) atoms. The van der Waals surface area contributed by atoms with Crippen LogP contribution in [0.4, 0.5) is 4.39 Å². The lowest BCUT2D eigenvalue weighted by atomic mass is 10.1. The monoisotopic (exact) mass is 318 g/mol. The maximum atomic E-state index is 13.0. The van der Waals surface area contributed by atoms with E-state index in [0.717, 1.165) is 19.4 Å². The predicted octanol–water partition coefficient (Wildman–Crippen LogP) is 1.01. The molecule has 0 saturated heterocycles. The second-order valence-corrected chi connectivity index (χ2v) is 4.33. The Morgan fingerprint density at radius 3 is 2.76 bits per heavy atom. The zero-order chi connectivity index (χ0) is 16.0. The highest BCUT2D eigenvalue weighted by molar-refractivity contribution is 6.32. The molecule has 114 valence electrons. The van der Waals surface area contributed by atoms with Crippen LogP contribution in [0.3, 0.4) is 0 Å². The van der Waals surface area contributed by atoms with Crippen molar-refractivity contribution in [3.63, 3.8) is 0 Å². The van der Waals surface area contributed by atoms with Gasteiger partial charge in [-0.05, 0) is 12.5 Å². The molecule has 1 amide bonds. The lowest BCUT2D eigenvalue weighted by molar-refractivity contribution is -0.142. The first-order chi connectivity index (χ1) is 9.85. The Labute approximate surface area is 124 Å². The topological polar surface area (TPSA) is 106 Å². The summed E-state index contributed by atoms with van der Waals surface area (Å²) in [5.74, 6) is -3.64. The Morgan fingerprint density at radius 1 is 1.52 bits per heavy atom. The molecule has 7 nitrogen and oxygen atoms in total. The van der Waals surface area contributed by atoms with Gasteiger partial charge in [-0.25, -0.2) is 14.2 Å². The van der Waals surface area contributed by atoms with Gasteiger partial charge in [0.2, 0.25) is 0 Å². The number of aromatic nitrogens is 1. The van der Waals surface area contributed by atoms with Gasteiger partial charge in [0.15, 0.2) is 0 Å². The van der Waals surface area contributed by atoms with Gasteiger partial charge in [0.05, 0.1) is 18.9 Å². The minimum atomic E-state index is -1.34. The summed E-state index contributed by atoms with van der Waals surface area (Å²) in [6, 6.07) is -0.500. The summed E-state index contributed by atoms with van der Waals surface area (Å²) in [5, 5.41) is 10.9. The fraction of sp³-hybridized carbons (Fsp3) is 0.333. The second kappa shape index (κ2) is 7.53. The molecule has 1 atom stereocenters. The van der Waals surface area contributed by atoms with E-state index in [1.54, 1.807) is 0 Å². The molecule has 9 heteroatoms. The van der Waals surface area contributed by atoms with E-state index in [4.69, 9.17) is 16.7 Å². The van der Waals surface area contributed by atoms with Crippen molar-refractivity contribution in [2.24, 2.45) is 0 Å². The minimum Gasteiger partial charge on any atom is -0.480 e. The van der Waals surface area contributed by atoms with E-state index < -0.39 is 29.7 Å². The van der Waals surface area contributed by atoms with E-state index >= 15 is 0 Å². The van der Waals surface area contributed by atoms with Gasteiger partial charge < -0.3 is 15.2 Å². The van der Waals surface area contributed by atoms with Crippen LogP contribution in [-0.4, -0.2) is 41.1 Å². The van der Waals surface area contributed by atoms with Gasteiger partial charge in [0.1, 0.15) is 17.0 Å². The molecule has 0 aliphatic carbocycles. The van der Waals surface area contributed by atoms with Crippen LogP contribution in [0.25, 0.3) is 0 Å². The van der Waals surface area contributed by atoms with Gasteiger partial charge in [0, 0.05) is 6.42 Å². The average Bonchev–Trinajstić information content (AvgIpc) is 2.44. The standard InChI is InChI=1S/C12H12ClFN2O5/c1-21-9(17)3-2-8(12(19)20)16-11(18)7-4-6(14)5-15-10(7)13/h4-5,8H,2-3H2,1H3,(H,16,18)(H,19,20)/t8-/m1/s1. The number of carboxylic acid groups (broad SMARTS) is 1. The van der Waals surface area contributed by atoms with Crippen molar-refractivity contribution in [3.8, 4) is 0 Å². The number of pyridine rings is 1. The Kier molecular flexibility index (Phi) is 6.04. The number of carbonyl (C=O) groups excluding carboxylic acids is 2. The van der Waals surface area contributed by atoms with Crippen LogP contribution in [0.5, 0.6) is 0 Å². The molecule has 1 aromatic rings. The van der Waals surface area contributed by atoms with Crippen LogP contribution < -0.4 is 5.32 Å². The Bertz CT molecular complexity index is 567. The number of nitrogens with zero attached hydrogens (tertiary/aromatic N) is 1. The molecule has 0 radical (unpaired) electrons. The quantitative estimate of drug-likeness (QED) is 0.599. The first kappa shape index (κ1) is 16.8. The number of carboxylic acids is 1. The van der Waals surface area contributed by atoms with Gasteiger partial charge in [0.25, 0.3) is 5.91 Å². The van der Waals surface area contributed by atoms with Crippen LogP contribution in [0.15, 0.2) is 12.3 Å². The number of esters is 1. The third-order valence-corrected chi connectivity index (χ3v) is 2.82. The lowest BCUT2D eigenvalue weighted by Gasteiger charge is -2.14. The molecule has 0 aliphatic rings. The molecule has 1 rings (SSSR count). The first-order valence-corrected chi connectivity index (χ1v) is 6.14. The summed E-state index contributed by atoms with van der Waals surface area (Å²) in [6.07, 6.45) is 0.460. The normalized spacial score (nSPS) is 11.6. The van der Waals surface area contributed by atoms with Crippen LogP contribution in [0.1, 0.15) is 23.2 Å².